The topological polar surface area (TPSA) is 86.9 Å². The number of aromatic amines is 1. The standard InChI is InChI=1S/C19H16Cl2N4O2/c1-10-17(11(2)25-24-10)23-19(27)14-5-3-4-6-16(14)22-18(26)13-8-7-12(20)9-15(13)21/h3-9H,1-2H3,(H,22,26)(H,23,27)(H,24,25). The van der Waals surface area contributed by atoms with Crippen LogP contribution in [0.5, 0.6) is 0 Å². The third-order valence-corrected chi connectivity index (χ3v) is 4.51. The zero-order valence-electron chi connectivity index (χ0n) is 14.6. The zero-order chi connectivity index (χ0) is 19.6. The molecule has 0 unspecified atom stereocenters. The molecule has 0 aliphatic carbocycles. The van der Waals surface area contributed by atoms with Gasteiger partial charge in [0.05, 0.1) is 38.9 Å². The van der Waals surface area contributed by atoms with E-state index < -0.39 is 5.91 Å². The van der Waals surface area contributed by atoms with Gasteiger partial charge in [0.2, 0.25) is 0 Å². The van der Waals surface area contributed by atoms with E-state index in [4.69, 9.17) is 23.2 Å². The SMILES string of the molecule is Cc1n[nH]c(C)c1NC(=O)c1ccccc1NC(=O)c1ccc(Cl)cc1Cl. The van der Waals surface area contributed by atoms with Crippen LogP contribution in [0.4, 0.5) is 11.4 Å². The quantitative estimate of drug-likeness (QED) is 0.583. The lowest BCUT2D eigenvalue weighted by molar-refractivity contribution is 0.102. The van der Waals surface area contributed by atoms with Crippen LogP contribution in [0.15, 0.2) is 42.5 Å². The average molecular weight is 403 g/mol. The number of nitrogens with zero attached hydrogens (tertiary/aromatic N) is 1. The van der Waals surface area contributed by atoms with Gasteiger partial charge in [-0.1, -0.05) is 35.3 Å². The summed E-state index contributed by atoms with van der Waals surface area (Å²) < 4.78 is 0. The third-order valence-electron chi connectivity index (χ3n) is 3.96. The lowest BCUT2D eigenvalue weighted by atomic mass is 10.1. The van der Waals surface area contributed by atoms with E-state index in [1.165, 1.54) is 12.1 Å². The Morgan fingerprint density at radius 3 is 2.33 bits per heavy atom. The molecule has 0 bridgehead atoms. The molecule has 1 heterocycles. The molecule has 2 amide bonds. The second kappa shape index (κ2) is 7.82. The van der Waals surface area contributed by atoms with Gasteiger partial charge >= 0.3 is 0 Å². The molecular weight excluding hydrogens is 387 g/mol. The molecule has 3 rings (SSSR count). The van der Waals surface area contributed by atoms with Crippen molar-refractivity contribution in [2.24, 2.45) is 0 Å². The smallest absolute Gasteiger partial charge is 0.257 e. The Kier molecular flexibility index (Phi) is 5.48. The number of para-hydroxylation sites is 1. The van der Waals surface area contributed by atoms with Crippen molar-refractivity contribution in [1.82, 2.24) is 10.2 Å². The summed E-state index contributed by atoms with van der Waals surface area (Å²) >= 11 is 12.0. The molecule has 3 aromatic rings. The van der Waals surface area contributed by atoms with Crippen LogP contribution in [-0.4, -0.2) is 22.0 Å². The highest BCUT2D eigenvalue weighted by molar-refractivity contribution is 6.37. The molecule has 0 atom stereocenters. The van der Waals surface area contributed by atoms with Crippen LogP contribution in [0.3, 0.4) is 0 Å². The molecule has 0 aliphatic heterocycles. The van der Waals surface area contributed by atoms with Crippen molar-refractivity contribution in [3.8, 4) is 0 Å². The van der Waals surface area contributed by atoms with Crippen molar-refractivity contribution in [1.29, 1.82) is 0 Å². The fourth-order valence-electron chi connectivity index (χ4n) is 2.57. The van der Waals surface area contributed by atoms with Crippen LogP contribution in [0.25, 0.3) is 0 Å². The number of aryl methyl sites for hydroxylation is 2. The fourth-order valence-corrected chi connectivity index (χ4v) is 3.06. The van der Waals surface area contributed by atoms with Crippen LogP contribution in [0, 0.1) is 13.8 Å². The van der Waals surface area contributed by atoms with Gasteiger partial charge in [0.15, 0.2) is 0 Å². The monoisotopic (exact) mass is 402 g/mol. The van der Waals surface area contributed by atoms with Crippen molar-refractivity contribution < 1.29 is 9.59 Å². The van der Waals surface area contributed by atoms with Gasteiger partial charge in [0.25, 0.3) is 11.8 Å². The van der Waals surface area contributed by atoms with Gasteiger partial charge in [-0.15, -0.1) is 0 Å². The molecule has 6 nitrogen and oxygen atoms in total. The molecule has 0 saturated heterocycles. The highest BCUT2D eigenvalue weighted by atomic mass is 35.5. The summed E-state index contributed by atoms with van der Waals surface area (Å²) in [5.74, 6) is -0.798. The summed E-state index contributed by atoms with van der Waals surface area (Å²) in [5.41, 5.74) is 2.98. The van der Waals surface area contributed by atoms with Gasteiger partial charge in [-0.2, -0.15) is 5.10 Å². The number of benzene rings is 2. The predicted molar refractivity (Wildman–Crippen MR) is 107 cm³/mol. The number of nitrogens with one attached hydrogen (secondary N) is 3. The average Bonchev–Trinajstić information content (AvgIpc) is 2.94. The van der Waals surface area contributed by atoms with Gasteiger partial charge in [-0.25, -0.2) is 0 Å². The second-order valence-corrected chi connectivity index (χ2v) is 6.73. The van der Waals surface area contributed by atoms with Crippen molar-refractivity contribution >= 4 is 46.4 Å². The molecular formula is C19H16Cl2N4O2. The molecule has 3 N–H and O–H groups in total. The van der Waals surface area contributed by atoms with Crippen LogP contribution >= 0.6 is 23.2 Å². The van der Waals surface area contributed by atoms with E-state index in [1.807, 2.05) is 6.92 Å². The maximum atomic E-state index is 12.7. The van der Waals surface area contributed by atoms with Gasteiger partial charge in [-0.05, 0) is 44.2 Å². The van der Waals surface area contributed by atoms with E-state index in [2.05, 4.69) is 20.8 Å². The Balaban J connectivity index is 1.85. The van der Waals surface area contributed by atoms with E-state index >= 15 is 0 Å². The van der Waals surface area contributed by atoms with E-state index in [0.717, 1.165) is 5.69 Å². The normalized spacial score (nSPS) is 10.5. The molecule has 0 aliphatic rings. The minimum absolute atomic E-state index is 0.228. The second-order valence-electron chi connectivity index (χ2n) is 5.89. The molecule has 1 aromatic heterocycles. The van der Waals surface area contributed by atoms with Gasteiger partial charge < -0.3 is 10.6 Å². The predicted octanol–water partition coefficient (Wildman–Crippen LogP) is 4.84. The Morgan fingerprint density at radius 1 is 0.963 bits per heavy atom. The van der Waals surface area contributed by atoms with Crippen molar-refractivity contribution in [3.05, 3.63) is 75.0 Å². The molecule has 27 heavy (non-hydrogen) atoms. The highest BCUT2D eigenvalue weighted by Gasteiger charge is 2.18. The molecule has 0 saturated carbocycles. The Labute approximate surface area is 165 Å². The maximum Gasteiger partial charge on any atom is 0.257 e. The first-order chi connectivity index (χ1) is 12.9. The summed E-state index contributed by atoms with van der Waals surface area (Å²) in [7, 11) is 0. The van der Waals surface area contributed by atoms with Crippen molar-refractivity contribution in [3.63, 3.8) is 0 Å². The van der Waals surface area contributed by atoms with Crippen LogP contribution in [0.1, 0.15) is 32.1 Å². The van der Waals surface area contributed by atoms with Crippen LogP contribution in [0.2, 0.25) is 10.0 Å². The van der Waals surface area contributed by atoms with Crippen molar-refractivity contribution in [2.75, 3.05) is 10.6 Å². The summed E-state index contributed by atoms with van der Waals surface area (Å²) in [6.45, 7) is 3.60. The van der Waals surface area contributed by atoms with Gasteiger partial charge in [0, 0.05) is 5.02 Å². The number of carbonyl (C=O) groups excluding carboxylic acids is 2. The minimum Gasteiger partial charge on any atom is -0.321 e. The van der Waals surface area contributed by atoms with Gasteiger partial charge in [0.1, 0.15) is 0 Å². The fraction of sp³-hybridized carbons (Fsp3) is 0.105. The molecule has 0 spiro atoms. The maximum absolute atomic E-state index is 12.7. The Hall–Kier alpha value is -2.83. The van der Waals surface area contributed by atoms with E-state index in [9.17, 15) is 9.59 Å². The number of rotatable bonds is 4. The van der Waals surface area contributed by atoms with E-state index in [0.29, 0.717) is 27.7 Å². The van der Waals surface area contributed by atoms with E-state index in [1.54, 1.807) is 37.3 Å². The Morgan fingerprint density at radius 2 is 1.67 bits per heavy atom. The first-order valence-electron chi connectivity index (χ1n) is 8.05. The molecule has 8 heteroatoms. The molecule has 138 valence electrons. The third kappa shape index (κ3) is 4.13. The molecule has 2 aromatic carbocycles. The summed E-state index contributed by atoms with van der Waals surface area (Å²) in [5, 5.41) is 13.1. The summed E-state index contributed by atoms with van der Waals surface area (Å²) in [6.07, 6.45) is 0. The summed E-state index contributed by atoms with van der Waals surface area (Å²) in [4.78, 5) is 25.3. The first kappa shape index (κ1) is 18.9. The number of H-pyrrole nitrogens is 1. The van der Waals surface area contributed by atoms with Gasteiger partial charge in [-0.3, -0.25) is 14.7 Å². The van der Waals surface area contributed by atoms with Crippen molar-refractivity contribution in [2.45, 2.75) is 13.8 Å². The molecule has 0 radical (unpaired) electrons. The van der Waals surface area contributed by atoms with E-state index in [-0.39, 0.29) is 16.5 Å². The first-order valence-corrected chi connectivity index (χ1v) is 8.80. The number of hydrogen-bond acceptors (Lipinski definition) is 3. The lowest BCUT2D eigenvalue weighted by Crippen LogP contribution is -2.19. The highest BCUT2D eigenvalue weighted by Crippen LogP contribution is 2.24. The largest absolute Gasteiger partial charge is 0.321 e. The zero-order valence-corrected chi connectivity index (χ0v) is 16.1. The molecule has 0 fully saturated rings. The Bertz CT molecular complexity index is 1010. The number of carbonyl (C=O) groups is 2. The number of halogens is 2. The summed E-state index contributed by atoms with van der Waals surface area (Å²) in [6, 6.07) is 11.3. The number of anilines is 2. The van der Waals surface area contributed by atoms with Crippen LogP contribution < -0.4 is 10.6 Å². The van der Waals surface area contributed by atoms with Crippen LogP contribution in [-0.2, 0) is 0 Å². The lowest BCUT2D eigenvalue weighted by Gasteiger charge is -2.12. The number of aromatic nitrogens is 2. The number of hydrogen-bond donors (Lipinski definition) is 3. The number of amides is 2. The minimum atomic E-state index is -0.437.